The van der Waals surface area contributed by atoms with E-state index in [4.69, 9.17) is 32.7 Å². The van der Waals surface area contributed by atoms with Crippen LogP contribution in [0.15, 0.2) is 71.6 Å². The fraction of sp³-hybridized carbons (Fsp3) is 0.208. The number of rotatable bonds is 10. The molecule has 10 heteroatoms. The van der Waals surface area contributed by atoms with Crippen molar-refractivity contribution in [3.05, 3.63) is 82.3 Å². The van der Waals surface area contributed by atoms with Crippen LogP contribution in [0.25, 0.3) is 0 Å². The Labute approximate surface area is 209 Å². The average molecular weight is 523 g/mol. The Bertz CT molecular complexity index is 1230. The third-order valence-electron chi connectivity index (χ3n) is 4.94. The van der Waals surface area contributed by atoms with Gasteiger partial charge in [-0.05, 0) is 54.4 Å². The molecule has 0 aliphatic heterocycles. The number of carbonyl (C=O) groups is 1. The molecule has 0 fully saturated rings. The van der Waals surface area contributed by atoms with E-state index >= 15 is 0 Å². The van der Waals surface area contributed by atoms with Crippen molar-refractivity contribution in [1.82, 2.24) is 5.32 Å². The second-order valence-corrected chi connectivity index (χ2v) is 9.98. The first-order valence-electron chi connectivity index (χ1n) is 10.3. The zero-order chi connectivity index (χ0) is 24.7. The summed E-state index contributed by atoms with van der Waals surface area (Å²) in [6, 6.07) is 17.7. The van der Waals surface area contributed by atoms with Gasteiger partial charge < -0.3 is 14.8 Å². The van der Waals surface area contributed by atoms with E-state index in [1.54, 1.807) is 38.5 Å². The maximum absolute atomic E-state index is 13.4. The smallest absolute Gasteiger partial charge is 0.264 e. The average Bonchev–Trinajstić information content (AvgIpc) is 2.82. The van der Waals surface area contributed by atoms with Gasteiger partial charge in [-0.3, -0.25) is 9.10 Å². The zero-order valence-corrected chi connectivity index (χ0v) is 21.0. The fourth-order valence-corrected chi connectivity index (χ4v) is 5.23. The first-order chi connectivity index (χ1) is 16.2. The number of halogens is 2. The topological polar surface area (TPSA) is 84.9 Å². The van der Waals surface area contributed by atoms with Gasteiger partial charge in [0, 0.05) is 16.6 Å². The van der Waals surface area contributed by atoms with Crippen molar-refractivity contribution in [1.29, 1.82) is 0 Å². The lowest BCUT2D eigenvalue weighted by Gasteiger charge is -2.24. The standard InChI is InChI=1S/C24H24Cl2N2O5S/c1-32-22-9-8-17(12-23(22)33-2)10-11-27-24(29)16-28(20-14-18(25)13-19(26)15-20)34(30,31)21-6-4-3-5-7-21/h3-9,12-15H,10-11,16H2,1-2H3,(H,27,29). The number of carbonyl (C=O) groups excluding carboxylic acids is 1. The van der Waals surface area contributed by atoms with Crippen molar-refractivity contribution in [3.8, 4) is 11.5 Å². The van der Waals surface area contributed by atoms with E-state index in [9.17, 15) is 13.2 Å². The number of hydrogen-bond acceptors (Lipinski definition) is 5. The Morgan fingerprint density at radius 1 is 0.912 bits per heavy atom. The normalized spacial score (nSPS) is 11.1. The second-order valence-electron chi connectivity index (χ2n) is 7.24. The first-order valence-corrected chi connectivity index (χ1v) is 12.5. The number of nitrogens with zero attached hydrogens (tertiary/aromatic N) is 1. The number of ether oxygens (including phenoxy) is 2. The number of anilines is 1. The Balaban J connectivity index is 1.77. The Hall–Kier alpha value is -2.94. The van der Waals surface area contributed by atoms with Gasteiger partial charge in [0.05, 0.1) is 24.8 Å². The quantitative estimate of drug-likeness (QED) is 0.421. The van der Waals surface area contributed by atoms with Crippen LogP contribution >= 0.6 is 23.2 Å². The minimum Gasteiger partial charge on any atom is -0.493 e. The molecule has 0 saturated heterocycles. The molecule has 3 aromatic rings. The van der Waals surface area contributed by atoms with Crippen LogP contribution < -0.4 is 19.1 Å². The summed E-state index contributed by atoms with van der Waals surface area (Å²) in [5, 5.41) is 3.28. The molecule has 180 valence electrons. The third kappa shape index (κ3) is 6.34. The van der Waals surface area contributed by atoms with Gasteiger partial charge in [-0.2, -0.15) is 0 Å². The number of sulfonamides is 1. The van der Waals surface area contributed by atoms with Crippen molar-refractivity contribution in [3.63, 3.8) is 0 Å². The number of methoxy groups -OCH3 is 2. The predicted molar refractivity (Wildman–Crippen MR) is 134 cm³/mol. The van der Waals surface area contributed by atoms with Gasteiger partial charge in [-0.25, -0.2) is 8.42 Å². The second kappa shape index (κ2) is 11.5. The fourth-order valence-electron chi connectivity index (χ4n) is 3.29. The minimum atomic E-state index is -4.05. The van der Waals surface area contributed by atoms with Gasteiger partial charge >= 0.3 is 0 Å². The van der Waals surface area contributed by atoms with E-state index in [0.717, 1.165) is 9.87 Å². The van der Waals surface area contributed by atoms with Gasteiger partial charge in [0.25, 0.3) is 10.0 Å². The highest BCUT2D eigenvalue weighted by Gasteiger charge is 2.27. The van der Waals surface area contributed by atoms with Gasteiger partial charge in [-0.15, -0.1) is 0 Å². The lowest BCUT2D eigenvalue weighted by Crippen LogP contribution is -2.41. The largest absolute Gasteiger partial charge is 0.493 e. The summed E-state index contributed by atoms with van der Waals surface area (Å²) in [5.74, 6) is 0.720. The lowest BCUT2D eigenvalue weighted by atomic mass is 10.1. The minimum absolute atomic E-state index is 0.0456. The molecule has 0 aromatic heterocycles. The van der Waals surface area contributed by atoms with Crippen molar-refractivity contribution in [2.75, 3.05) is 31.6 Å². The molecule has 3 rings (SSSR count). The number of amides is 1. The van der Waals surface area contributed by atoms with Crippen molar-refractivity contribution in [2.24, 2.45) is 0 Å². The summed E-state index contributed by atoms with van der Waals surface area (Å²) >= 11 is 12.2. The molecular formula is C24H24Cl2N2O5S. The molecule has 1 amide bonds. The van der Waals surface area contributed by atoms with Gasteiger partial charge in [0.1, 0.15) is 6.54 Å². The molecule has 0 aliphatic rings. The molecule has 0 bridgehead atoms. The van der Waals surface area contributed by atoms with E-state index in [1.165, 1.54) is 30.3 Å². The Morgan fingerprint density at radius 2 is 1.56 bits per heavy atom. The van der Waals surface area contributed by atoms with Crippen LogP contribution in [-0.2, 0) is 21.2 Å². The number of nitrogens with one attached hydrogen (secondary N) is 1. The summed E-state index contributed by atoms with van der Waals surface area (Å²) in [7, 11) is -0.947. The summed E-state index contributed by atoms with van der Waals surface area (Å²) in [5.41, 5.74) is 1.12. The monoisotopic (exact) mass is 522 g/mol. The van der Waals surface area contributed by atoms with Crippen LogP contribution in [0.3, 0.4) is 0 Å². The van der Waals surface area contributed by atoms with Crippen LogP contribution in [-0.4, -0.2) is 41.6 Å². The summed E-state index contributed by atoms with van der Waals surface area (Å²) in [4.78, 5) is 12.8. The lowest BCUT2D eigenvalue weighted by molar-refractivity contribution is -0.119. The van der Waals surface area contributed by atoms with Crippen molar-refractivity contribution < 1.29 is 22.7 Å². The molecule has 0 spiro atoms. The van der Waals surface area contributed by atoms with E-state index in [-0.39, 0.29) is 20.6 Å². The molecule has 0 radical (unpaired) electrons. The molecule has 0 heterocycles. The number of benzene rings is 3. The van der Waals surface area contributed by atoms with E-state index in [0.29, 0.717) is 24.5 Å². The Morgan fingerprint density at radius 3 is 2.18 bits per heavy atom. The van der Waals surface area contributed by atoms with Crippen LogP contribution in [0.2, 0.25) is 10.0 Å². The van der Waals surface area contributed by atoms with Crippen LogP contribution in [0.5, 0.6) is 11.5 Å². The summed E-state index contributed by atoms with van der Waals surface area (Å²) < 4.78 is 38.2. The summed E-state index contributed by atoms with van der Waals surface area (Å²) in [6.07, 6.45) is 0.514. The maximum Gasteiger partial charge on any atom is 0.264 e. The molecule has 0 aliphatic carbocycles. The molecule has 3 aromatic carbocycles. The predicted octanol–water partition coefficient (Wildman–Crippen LogP) is 4.56. The molecule has 1 N–H and O–H groups in total. The molecule has 34 heavy (non-hydrogen) atoms. The van der Waals surface area contributed by atoms with Crippen LogP contribution in [0.1, 0.15) is 5.56 Å². The van der Waals surface area contributed by atoms with E-state index in [1.807, 2.05) is 12.1 Å². The first kappa shape index (κ1) is 25.7. The number of hydrogen-bond donors (Lipinski definition) is 1. The van der Waals surface area contributed by atoms with Crippen molar-refractivity contribution >= 4 is 44.8 Å². The summed E-state index contributed by atoms with van der Waals surface area (Å²) in [6.45, 7) is -0.149. The highest BCUT2D eigenvalue weighted by molar-refractivity contribution is 7.92. The van der Waals surface area contributed by atoms with Gasteiger partial charge in [-0.1, -0.05) is 47.5 Å². The molecule has 0 unspecified atom stereocenters. The SMILES string of the molecule is COc1ccc(CCNC(=O)CN(c2cc(Cl)cc(Cl)c2)S(=O)(=O)c2ccccc2)cc1OC. The Kier molecular flexibility index (Phi) is 8.66. The molecule has 0 atom stereocenters. The van der Waals surface area contributed by atoms with E-state index < -0.39 is 22.5 Å². The zero-order valence-electron chi connectivity index (χ0n) is 18.6. The van der Waals surface area contributed by atoms with Crippen molar-refractivity contribution in [2.45, 2.75) is 11.3 Å². The maximum atomic E-state index is 13.4. The van der Waals surface area contributed by atoms with Crippen LogP contribution in [0.4, 0.5) is 5.69 Å². The van der Waals surface area contributed by atoms with Crippen LogP contribution in [0, 0.1) is 0 Å². The molecular weight excluding hydrogens is 499 g/mol. The van der Waals surface area contributed by atoms with Gasteiger partial charge in [0.2, 0.25) is 5.91 Å². The highest BCUT2D eigenvalue weighted by Crippen LogP contribution is 2.30. The molecule has 7 nitrogen and oxygen atoms in total. The molecule has 0 saturated carbocycles. The van der Waals surface area contributed by atoms with E-state index in [2.05, 4.69) is 5.32 Å². The third-order valence-corrected chi connectivity index (χ3v) is 7.16. The van der Waals surface area contributed by atoms with Gasteiger partial charge in [0.15, 0.2) is 11.5 Å². The highest BCUT2D eigenvalue weighted by atomic mass is 35.5.